The predicted molar refractivity (Wildman–Crippen MR) is 101 cm³/mol. The molecule has 0 fully saturated rings. The number of ether oxygens (including phenoxy) is 1. The summed E-state index contributed by atoms with van der Waals surface area (Å²) in [5.41, 5.74) is -0.232. The van der Waals surface area contributed by atoms with Crippen LogP contribution in [0.5, 0.6) is 5.88 Å². The van der Waals surface area contributed by atoms with Crippen LogP contribution in [0.15, 0.2) is 30.5 Å². The molecule has 0 saturated heterocycles. The lowest BCUT2D eigenvalue weighted by molar-refractivity contribution is -0.139. The molecule has 0 bridgehead atoms. The molecule has 2 aromatic rings. The monoisotopic (exact) mass is 401 g/mol. The zero-order chi connectivity index (χ0) is 19.9. The van der Waals surface area contributed by atoms with Crippen LogP contribution in [0.2, 0.25) is 5.02 Å². The highest BCUT2D eigenvalue weighted by Gasteiger charge is 2.36. The van der Waals surface area contributed by atoms with Crippen LogP contribution in [0.4, 0.5) is 24.8 Å². The van der Waals surface area contributed by atoms with Gasteiger partial charge in [0.2, 0.25) is 11.8 Å². The van der Waals surface area contributed by atoms with E-state index in [4.69, 9.17) is 16.3 Å². The summed E-state index contributed by atoms with van der Waals surface area (Å²) in [4.78, 5) is 9.68. The number of hydrogen-bond donors (Lipinski definition) is 0. The van der Waals surface area contributed by atoms with Crippen LogP contribution in [-0.4, -0.2) is 23.1 Å². The van der Waals surface area contributed by atoms with Crippen LogP contribution < -0.4 is 9.64 Å². The third-order valence-corrected chi connectivity index (χ3v) is 4.23. The van der Waals surface area contributed by atoms with Gasteiger partial charge in [-0.1, -0.05) is 37.8 Å². The summed E-state index contributed by atoms with van der Waals surface area (Å²) < 4.78 is 45.2. The van der Waals surface area contributed by atoms with Gasteiger partial charge < -0.3 is 9.64 Å². The van der Waals surface area contributed by atoms with Crippen LogP contribution in [0.25, 0.3) is 0 Å². The highest BCUT2D eigenvalue weighted by atomic mass is 35.5. The lowest BCUT2D eigenvalue weighted by Gasteiger charge is -2.22. The van der Waals surface area contributed by atoms with Crippen molar-refractivity contribution < 1.29 is 17.9 Å². The maximum absolute atomic E-state index is 13.3. The first-order valence-electron chi connectivity index (χ1n) is 8.97. The van der Waals surface area contributed by atoms with Crippen molar-refractivity contribution in [3.05, 3.63) is 41.0 Å². The molecule has 2 rings (SSSR count). The standard InChI is InChI=1S/C19H23ClF3N3O/c1-3-5-6-7-12-27-17-16(19(21,22)23)13-24-18(25-17)26(4-2)15-10-8-14(20)9-11-15/h8-11,13H,3-7,12H2,1-2H3. The van der Waals surface area contributed by atoms with Crippen molar-refractivity contribution in [1.29, 1.82) is 0 Å². The second-order valence-corrected chi connectivity index (χ2v) is 6.45. The van der Waals surface area contributed by atoms with Gasteiger partial charge in [0, 0.05) is 23.5 Å². The third-order valence-electron chi connectivity index (χ3n) is 3.98. The molecule has 0 aliphatic carbocycles. The lowest BCUT2D eigenvalue weighted by atomic mass is 10.2. The number of aromatic nitrogens is 2. The Morgan fingerprint density at radius 2 is 1.78 bits per heavy atom. The number of rotatable bonds is 9. The lowest BCUT2D eigenvalue weighted by Crippen LogP contribution is -2.21. The largest absolute Gasteiger partial charge is 0.477 e. The maximum Gasteiger partial charge on any atom is 0.423 e. The minimum absolute atomic E-state index is 0.149. The summed E-state index contributed by atoms with van der Waals surface area (Å²) >= 11 is 5.90. The van der Waals surface area contributed by atoms with Gasteiger partial charge in [-0.15, -0.1) is 0 Å². The van der Waals surface area contributed by atoms with E-state index in [1.165, 1.54) is 0 Å². The summed E-state index contributed by atoms with van der Waals surface area (Å²) in [5.74, 6) is -0.284. The first kappa shape index (κ1) is 21.3. The van der Waals surface area contributed by atoms with Crippen molar-refractivity contribution in [2.24, 2.45) is 0 Å². The van der Waals surface area contributed by atoms with E-state index >= 15 is 0 Å². The highest BCUT2D eigenvalue weighted by Crippen LogP contribution is 2.36. The zero-order valence-electron chi connectivity index (χ0n) is 15.4. The Hall–Kier alpha value is -2.02. The molecule has 0 atom stereocenters. The second-order valence-electron chi connectivity index (χ2n) is 6.02. The third kappa shape index (κ3) is 5.99. The van der Waals surface area contributed by atoms with E-state index in [-0.39, 0.29) is 12.6 Å². The molecule has 0 N–H and O–H groups in total. The molecule has 1 aromatic carbocycles. The van der Waals surface area contributed by atoms with Crippen molar-refractivity contribution in [1.82, 2.24) is 9.97 Å². The Labute approximate surface area is 162 Å². The van der Waals surface area contributed by atoms with E-state index in [1.807, 2.05) is 6.92 Å². The Morgan fingerprint density at radius 1 is 1.07 bits per heavy atom. The van der Waals surface area contributed by atoms with E-state index in [0.29, 0.717) is 18.0 Å². The zero-order valence-corrected chi connectivity index (χ0v) is 16.1. The van der Waals surface area contributed by atoms with Gasteiger partial charge in [0.05, 0.1) is 6.61 Å². The van der Waals surface area contributed by atoms with Gasteiger partial charge in [-0.05, 0) is 37.6 Å². The van der Waals surface area contributed by atoms with Gasteiger partial charge in [0.15, 0.2) is 0 Å². The maximum atomic E-state index is 13.3. The molecule has 0 radical (unpaired) electrons. The molecule has 1 aromatic heterocycles. The van der Waals surface area contributed by atoms with Gasteiger partial charge in [-0.25, -0.2) is 4.98 Å². The molecule has 0 saturated carbocycles. The molecule has 0 unspecified atom stereocenters. The molecule has 27 heavy (non-hydrogen) atoms. The smallest absolute Gasteiger partial charge is 0.423 e. The molecule has 148 valence electrons. The van der Waals surface area contributed by atoms with Gasteiger partial charge in [-0.3, -0.25) is 0 Å². The highest BCUT2D eigenvalue weighted by molar-refractivity contribution is 6.30. The topological polar surface area (TPSA) is 38.2 Å². The van der Waals surface area contributed by atoms with E-state index in [9.17, 15) is 13.2 Å². The summed E-state index contributed by atoms with van der Waals surface area (Å²) in [5, 5.41) is 0.569. The quantitative estimate of drug-likeness (QED) is 0.464. The Kier molecular flexibility index (Phi) is 7.71. The van der Waals surface area contributed by atoms with Crippen molar-refractivity contribution in [2.45, 2.75) is 45.7 Å². The average molecular weight is 402 g/mol. The number of hydrogen-bond acceptors (Lipinski definition) is 4. The number of anilines is 2. The molecule has 0 amide bonds. The van der Waals surface area contributed by atoms with Crippen LogP contribution in [0.1, 0.15) is 45.1 Å². The van der Waals surface area contributed by atoms with Crippen LogP contribution in [-0.2, 0) is 6.18 Å². The normalized spacial score (nSPS) is 11.5. The fourth-order valence-electron chi connectivity index (χ4n) is 2.55. The molecular formula is C19H23ClF3N3O. The van der Waals surface area contributed by atoms with Gasteiger partial charge in [-0.2, -0.15) is 18.2 Å². The van der Waals surface area contributed by atoms with Gasteiger partial charge >= 0.3 is 6.18 Å². The van der Waals surface area contributed by atoms with Gasteiger partial charge in [0.1, 0.15) is 5.56 Å². The summed E-state index contributed by atoms with van der Waals surface area (Å²) in [6.07, 6.45) is -0.152. The van der Waals surface area contributed by atoms with E-state index in [0.717, 1.165) is 31.1 Å². The summed E-state index contributed by atoms with van der Waals surface area (Å²) in [6, 6.07) is 6.93. The number of halogens is 4. The predicted octanol–water partition coefficient (Wildman–Crippen LogP) is 6.27. The first-order valence-corrected chi connectivity index (χ1v) is 9.34. The van der Waals surface area contributed by atoms with Crippen LogP contribution >= 0.6 is 11.6 Å². The Bertz CT molecular complexity index is 723. The molecule has 8 heteroatoms. The number of alkyl halides is 3. The molecular weight excluding hydrogens is 379 g/mol. The minimum atomic E-state index is -4.57. The number of nitrogens with zero attached hydrogens (tertiary/aromatic N) is 3. The first-order chi connectivity index (χ1) is 12.9. The van der Waals surface area contributed by atoms with Crippen LogP contribution in [0, 0.1) is 0 Å². The van der Waals surface area contributed by atoms with E-state index in [1.54, 1.807) is 29.2 Å². The van der Waals surface area contributed by atoms with E-state index in [2.05, 4.69) is 16.9 Å². The molecule has 1 heterocycles. The summed E-state index contributed by atoms with van der Waals surface area (Å²) in [6.45, 7) is 4.59. The van der Waals surface area contributed by atoms with Crippen molar-refractivity contribution in [3.63, 3.8) is 0 Å². The fraction of sp³-hybridized carbons (Fsp3) is 0.474. The summed E-state index contributed by atoms with van der Waals surface area (Å²) in [7, 11) is 0. The van der Waals surface area contributed by atoms with Crippen LogP contribution in [0.3, 0.4) is 0 Å². The molecule has 0 spiro atoms. The number of unbranched alkanes of at least 4 members (excludes halogenated alkanes) is 3. The SMILES string of the molecule is CCCCCCOc1nc(N(CC)c2ccc(Cl)cc2)ncc1C(F)(F)F. The Morgan fingerprint density at radius 3 is 2.37 bits per heavy atom. The van der Waals surface area contributed by atoms with Gasteiger partial charge in [0.25, 0.3) is 0 Å². The molecule has 0 aliphatic rings. The molecule has 0 aliphatic heterocycles. The van der Waals surface area contributed by atoms with Crippen molar-refractivity contribution in [2.75, 3.05) is 18.1 Å². The molecule has 4 nitrogen and oxygen atoms in total. The number of benzene rings is 1. The fourth-order valence-corrected chi connectivity index (χ4v) is 2.68. The Balaban J connectivity index is 2.28. The van der Waals surface area contributed by atoms with Crippen molar-refractivity contribution in [3.8, 4) is 5.88 Å². The van der Waals surface area contributed by atoms with E-state index < -0.39 is 17.6 Å². The van der Waals surface area contributed by atoms with Crippen molar-refractivity contribution >= 4 is 23.2 Å². The second kappa shape index (κ2) is 9.78. The average Bonchev–Trinajstić information content (AvgIpc) is 2.63. The minimum Gasteiger partial charge on any atom is -0.477 e.